The van der Waals surface area contributed by atoms with Crippen LogP contribution in [0.4, 0.5) is 0 Å². The van der Waals surface area contributed by atoms with Crippen LogP contribution in [0.25, 0.3) is 0 Å². The van der Waals surface area contributed by atoms with Gasteiger partial charge in [-0.2, -0.15) is 0 Å². The van der Waals surface area contributed by atoms with E-state index in [1.165, 1.54) is 0 Å². The summed E-state index contributed by atoms with van der Waals surface area (Å²) in [6.07, 6.45) is 0. The minimum atomic E-state index is 0. The van der Waals surface area contributed by atoms with E-state index in [9.17, 15) is 0 Å². The molecule has 0 atom stereocenters. The van der Waals surface area contributed by atoms with Crippen LogP contribution in [0.2, 0.25) is 0 Å². The van der Waals surface area contributed by atoms with E-state index in [1.807, 2.05) is 0 Å². The first-order chi connectivity index (χ1) is 0. The third-order valence-electron chi connectivity index (χ3n) is 0. The van der Waals surface area contributed by atoms with Gasteiger partial charge in [0.05, 0.1) is 0 Å². The summed E-state index contributed by atoms with van der Waals surface area (Å²) in [6, 6.07) is 0. The second-order valence-corrected chi connectivity index (χ2v) is 0. The smallest absolute Gasteiger partial charge is 0 e. The molecule has 0 heterocycles. The molecule has 0 fully saturated rings. The molecule has 5 heavy (non-hydrogen) atoms. The maximum Gasteiger partial charge on any atom is 0 e. The summed E-state index contributed by atoms with van der Waals surface area (Å²) in [5, 5.41) is 0. The summed E-state index contributed by atoms with van der Waals surface area (Å²) in [4.78, 5) is 0. The van der Waals surface area contributed by atoms with Crippen LogP contribution in [0.5, 0.6) is 0 Å². The Hall–Kier alpha value is 3.49. The van der Waals surface area contributed by atoms with Gasteiger partial charge in [0, 0.05) is 107 Å². The standard InChI is InChI=1S/2As.3Te. The molecular weight excluding hydrogens is 533 g/mol. The van der Waals surface area contributed by atoms with Gasteiger partial charge in [-0.1, -0.05) is 0 Å². The number of hydrogen-bond acceptors (Lipinski definition) is 0. The number of hydrogen-bond donors (Lipinski definition) is 0. The van der Waals surface area contributed by atoms with E-state index in [2.05, 4.69) is 0 Å². The molecule has 0 amide bonds. The van der Waals surface area contributed by atoms with E-state index in [4.69, 9.17) is 0 Å². The summed E-state index contributed by atoms with van der Waals surface area (Å²) in [7, 11) is 0. The van der Waals surface area contributed by atoms with Crippen molar-refractivity contribution in [3.05, 3.63) is 0 Å². The first-order valence-electron chi connectivity index (χ1n) is 0. The molecule has 0 aliphatic carbocycles. The van der Waals surface area contributed by atoms with E-state index < -0.39 is 0 Å². The van der Waals surface area contributed by atoms with Crippen LogP contribution in [-0.2, 0) is 0 Å². The Labute approximate surface area is 105 Å². The molecule has 12 radical (unpaired) electrons. The van der Waals surface area contributed by atoms with E-state index >= 15 is 0 Å². The van der Waals surface area contributed by atoms with Crippen LogP contribution in [0.15, 0.2) is 0 Å². The third-order valence-corrected chi connectivity index (χ3v) is 0. The van der Waals surface area contributed by atoms with E-state index in [0.717, 1.165) is 0 Å². The average molecular weight is 533 g/mol. The van der Waals surface area contributed by atoms with Crippen molar-refractivity contribution >= 4 is 107 Å². The molecule has 0 aliphatic rings. The largest absolute Gasteiger partial charge is 0 e. The second kappa shape index (κ2) is 25.9. The van der Waals surface area contributed by atoms with Gasteiger partial charge < -0.3 is 0 Å². The van der Waals surface area contributed by atoms with E-state index in [-0.39, 0.29) is 107 Å². The zero-order chi connectivity index (χ0) is 0. The van der Waals surface area contributed by atoms with Gasteiger partial charge in [0.25, 0.3) is 0 Å². The SMILES string of the molecule is [As].[As].[Te].[Te].[Te]. The van der Waals surface area contributed by atoms with Gasteiger partial charge in [0.1, 0.15) is 0 Å². The van der Waals surface area contributed by atoms with Crippen molar-refractivity contribution in [2.45, 2.75) is 0 Å². The molecule has 0 aromatic carbocycles. The van der Waals surface area contributed by atoms with Gasteiger partial charge in [-0.05, 0) is 0 Å². The van der Waals surface area contributed by atoms with E-state index in [0.29, 0.717) is 0 Å². The van der Waals surface area contributed by atoms with Crippen molar-refractivity contribution in [2.75, 3.05) is 0 Å². The Balaban J connectivity index is 0. The van der Waals surface area contributed by atoms with Crippen LogP contribution >= 0.6 is 0 Å². The fourth-order valence-corrected chi connectivity index (χ4v) is 0. The minimum absolute atomic E-state index is 0. The fraction of sp³-hybridized carbons (Fsp3) is 0. The number of rotatable bonds is 0. The third kappa shape index (κ3) is 18.5. The summed E-state index contributed by atoms with van der Waals surface area (Å²) in [5.41, 5.74) is 0. The Morgan fingerprint density at radius 1 is 0.400 bits per heavy atom. The van der Waals surface area contributed by atoms with Crippen molar-refractivity contribution in [3.63, 3.8) is 0 Å². The quantitative estimate of drug-likeness (QED) is 0.320. The second-order valence-electron chi connectivity index (χ2n) is 0. The monoisotopic (exact) mass is 540 g/mol. The Morgan fingerprint density at radius 2 is 0.400 bits per heavy atom. The van der Waals surface area contributed by atoms with Crippen molar-refractivity contribution in [3.8, 4) is 0 Å². The normalized spacial score (nSPS) is 0. The van der Waals surface area contributed by atoms with Gasteiger partial charge in [-0.15, -0.1) is 0 Å². The van der Waals surface area contributed by atoms with Crippen LogP contribution in [0.1, 0.15) is 0 Å². The zero-order valence-corrected chi connectivity index (χ0v) is 12.9. The first kappa shape index (κ1) is 39.1. The topological polar surface area (TPSA) is 0 Å². The summed E-state index contributed by atoms with van der Waals surface area (Å²) < 4.78 is 0. The maximum atomic E-state index is 0. The molecule has 0 aliphatic heterocycles. The molecule has 0 N–H and O–H groups in total. The van der Waals surface area contributed by atoms with Gasteiger partial charge in [0.15, 0.2) is 0 Å². The molecule has 0 aromatic heterocycles. The predicted molar refractivity (Wildman–Crippen MR) is 28.8 cm³/mol. The molecule has 0 saturated carbocycles. The predicted octanol–water partition coefficient (Wildman–Crippen LogP) is -1.90. The summed E-state index contributed by atoms with van der Waals surface area (Å²) in [6.45, 7) is 0. The first-order valence-corrected chi connectivity index (χ1v) is 0. The molecule has 28 valence electrons. The molecule has 5 heteroatoms. The summed E-state index contributed by atoms with van der Waals surface area (Å²) >= 11 is 0. The summed E-state index contributed by atoms with van der Waals surface area (Å²) in [5.74, 6) is 0. The van der Waals surface area contributed by atoms with Crippen molar-refractivity contribution in [1.82, 2.24) is 0 Å². The molecule has 0 bridgehead atoms. The van der Waals surface area contributed by atoms with E-state index in [1.54, 1.807) is 0 Å². The van der Waals surface area contributed by atoms with Gasteiger partial charge >= 0.3 is 0 Å². The Kier molecular flexibility index (Phi) is 203. The molecule has 0 unspecified atom stereocenters. The van der Waals surface area contributed by atoms with Crippen LogP contribution in [0.3, 0.4) is 0 Å². The van der Waals surface area contributed by atoms with Crippen LogP contribution in [-0.4, -0.2) is 107 Å². The van der Waals surface area contributed by atoms with Crippen molar-refractivity contribution < 1.29 is 0 Å². The maximum absolute atomic E-state index is 0. The van der Waals surface area contributed by atoms with Gasteiger partial charge in [-0.3, -0.25) is 0 Å². The van der Waals surface area contributed by atoms with Gasteiger partial charge in [-0.25, -0.2) is 0 Å². The van der Waals surface area contributed by atoms with Crippen LogP contribution < -0.4 is 0 Å². The van der Waals surface area contributed by atoms with Crippen LogP contribution in [0, 0.1) is 0 Å². The van der Waals surface area contributed by atoms with Gasteiger partial charge in [0.2, 0.25) is 0 Å². The fourth-order valence-electron chi connectivity index (χ4n) is 0. The minimum Gasteiger partial charge on any atom is 0 e. The molecule has 0 nitrogen and oxygen atoms in total. The van der Waals surface area contributed by atoms with Crippen molar-refractivity contribution in [2.24, 2.45) is 0 Å². The zero-order valence-electron chi connectivity index (χ0n) is 2.12. The average Bonchev–Trinajstić information content (AvgIpc) is 0. The molecule has 0 saturated heterocycles. The molecule has 0 rings (SSSR count). The molecule has 0 aromatic rings. The molecule has 0 spiro atoms. The molecular formula is As2Te3. The van der Waals surface area contributed by atoms with Crippen molar-refractivity contribution in [1.29, 1.82) is 0 Å². The Morgan fingerprint density at radius 3 is 0.400 bits per heavy atom. The Bertz CT molecular complexity index is 4.85.